The molecule has 31 heavy (non-hydrogen) atoms. The first-order valence-electron chi connectivity index (χ1n) is 11.5. The van der Waals surface area contributed by atoms with Gasteiger partial charge in [-0.15, -0.1) is 0 Å². The fraction of sp³-hybridized carbons (Fsp3) is 0.652. The van der Waals surface area contributed by atoms with Crippen LogP contribution in [-0.2, 0) is 14.3 Å². The van der Waals surface area contributed by atoms with Gasteiger partial charge in [-0.3, -0.25) is 19.4 Å². The molecule has 1 aliphatic carbocycles. The van der Waals surface area contributed by atoms with E-state index < -0.39 is 0 Å². The Morgan fingerprint density at radius 1 is 0.903 bits per heavy atom. The molecule has 2 N–H and O–H groups in total. The lowest BCUT2D eigenvalue weighted by Gasteiger charge is -2.37. The highest BCUT2D eigenvalue weighted by Crippen LogP contribution is 2.22. The molecule has 3 fully saturated rings. The molecule has 2 saturated heterocycles. The Morgan fingerprint density at radius 3 is 2.00 bits per heavy atom. The number of hydrogen-bond acceptors (Lipinski definition) is 6. The van der Waals surface area contributed by atoms with Crippen molar-refractivity contribution in [2.45, 2.75) is 44.9 Å². The number of anilines is 2. The smallest absolute Gasteiger partial charge is 0.238 e. The highest BCUT2D eigenvalue weighted by atomic mass is 16.5. The van der Waals surface area contributed by atoms with Gasteiger partial charge in [0.15, 0.2) is 0 Å². The monoisotopic (exact) mass is 429 g/mol. The fourth-order valence-electron chi connectivity index (χ4n) is 4.36. The van der Waals surface area contributed by atoms with Crippen molar-refractivity contribution < 1.29 is 14.3 Å². The quantitative estimate of drug-likeness (QED) is 0.677. The lowest BCUT2D eigenvalue weighted by Crippen LogP contribution is -2.51. The molecule has 8 nitrogen and oxygen atoms in total. The van der Waals surface area contributed by atoms with Crippen molar-refractivity contribution in [1.29, 1.82) is 0 Å². The summed E-state index contributed by atoms with van der Waals surface area (Å²) in [5.41, 5.74) is 1.97. The number of rotatable bonds is 7. The second-order valence-electron chi connectivity index (χ2n) is 9.15. The van der Waals surface area contributed by atoms with Gasteiger partial charge in [0.1, 0.15) is 0 Å². The summed E-state index contributed by atoms with van der Waals surface area (Å²) in [4.78, 5) is 31.1. The fourth-order valence-corrected chi connectivity index (χ4v) is 4.36. The second kappa shape index (κ2) is 9.97. The zero-order valence-electron chi connectivity index (χ0n) is 18.7. The molecule has 0 radical (unpaired) electrons. The SMILES string of the molecule is CC1CN(c2ccc(NC(=O)CN3CCN(CC(=O)NC4CC4)CC3)cc2)CC(C)O1. The molecule has 3 aliphatic rings. The first-order valence-corrected chi connectivity index (χ1v) is 11.5. The zero-order chi connectivity index (χ0) is 21.8. The third kappa shape index (κ3) is 6.66. The van der Waals surface area contributed by atoms with Gasteiger partial charge in [-0.2, -0.15) is 0 Å². The summed E-state index contributed by atoms with van der Waals surface area (Å²) >= 11 is 0. The molecule has 1 aromatic carbocycles. The number of ether oxygens (including phenoxy) is 1. The number of carbonyl (C=O) groups excluding carboxylic acids is 2. The molecule has 2 atom stereocenters. The van der Waals surface area contributed by atoms with Crippen molar-refractivity contribution in [2.24, 2.45) is 0 Å². The number of piperazine rings is 1. The van der Waals surface area contributed by atoms with Crippen LogP contribution in [0.1, 0.15) is 26.7 Å². The summed E-state index contributed by atoms with van der Waals surface area (Å²) in [6.45, 7) is 10.0. The van der Waals surface area contributed by atoms with Gasteiger partial charge in [0, 0.05) is 56.7 Å². The van der Waals surface area contributed by atoms with E-state index in [0.717, 1.165) is 63.5 Å². The maximum Gasteiger partial charge on any atom is 0.238 e. The standard InChI is InChI=1S/C23H35N5O3/c1-17-13-28(14-18(2)31-17)21-7-5-20(6-8-21)25-23(30)16-27-11-9-26(10-12-27)15-22(29)24-19-3-4-19/h5-8,17-19H,3-4,9-16H2,1-2H3,(H,24,29)(H,25,30). The van der Waals surface area contributed by atoms with Gasteiger partial charge in [-0.25, -0.2) is 0 Å². The van der Waals surface area contributed by atoms with E-state index in [-0.39, 0.29) is 24.0 Å². The predicted octanol–water partition coefficient (Wildman–Crippen LogP) is 1.13. The van der Waals surface area contributed by atoms with Gasteiger partial charge in [-0.1, -0.05) is 0 Å². The molecule has 0 bridgehead atoms. The molecule has 0 spiro atoms. The van der Waals surface area contributed by atoms with E-state index in [9.17, 15) is 9.59 Å². The Hall–Kier alpha value is -2.16. The molecule has 0 aromatic heterocycles. The van der Waals surface area contributed by atoms with Crippen LogP contribution in [0, 0.1) is 0 Å². The van der Waals surface area contributed by atoms with Crippen molar-refractivity contribution in [3.63, 3.8) is 0 Å². The van der Waals surface area contributed by atoms with Gasteiger partial charge in [0.2, 0.25) is 11.8 Å². The van der Waals surface area contributed by atoms with Crippen LogP contribution >= 0.6 is 0 Å². The molecule has 8 heteroatoms. The topological polar surface area (TPSA) is 77.2 Å². The number of hydrogen-bond donors (Lipinski definition) is 2. The minimum absolute atomic E-state index is 0.00120. The highest BCUT2D eigenvalue weighted by Gasteiger charge is 2.26. The zero-order valence-corrected chi connectivity index (χ0v) is 18.7. The number of benzene rings is 1. The lowest BCUT2D eigenvalue weighted by molar-refractivity contribution is -0.123. The first kappa shape index (κ1) is 22.0. The molecular formula is C23H35N5O3. The summed E-state index contributed by atoms with van der Waals surface area (Å²) in [6.07, 6.45) is 2.67. The maximum atomic E-state index is 12.5. The van der Waals surface area contributed by atoms with Crippen LogP contribution in [0.3, 0.4) is 0 Å². The Morgan fingerprint density at radius 2 is 1.45 bits per heavy atom. The normalized spacial score (nSPS) is 25.3. The molecule has 1 saturated carbocycles. The second-order valence-corrected chi connectivity index (χ2v) is 9.15. The third-order valence-corrected chi connectivity index (χ3v) is 6.08. The van der Waals surface area contributed by atoms with Gasteiger partial charge in [0.25, 0.3) is 0 Å². The summed E-state index contributed by atoms with van der Waals surface area (Å²) in [5.74, 6) is 0.124. The number of nitrogens with zero attached hydrogens (tertiary/aromatic N) is 3. The Balaban J connectivity index is 1.18. The van der Waals surface area contributed by atoms with Crippen LogP contribution in [-0.4, -0.2) is 92.2 Å². The molecule has 2 aliphatic heterocycles. The van der Waals surface area contributed by atoms with E-state index in [1.807, 2.05) is 12.1 Å². The van der Waals surface area contributed by atoms with E-state index in [2.05, 4.69) is 51.3 Å². The molecule has 1 aromatic rings. The molecule has 2 heterocycles. The Kier molecular flexibility index (Phi) is 7.09. The summed E-state index contributed by atoms with van der Waals surface area (Å²) < 4.78 is 5.80. The average Bonchev–Trinajstić information content (AvgIpc) is 3.53. The minimum Gasteiger partial charge on any atom is -0.372 e. The van der Waals surface area contributed by atoms with Crippen LogP contribution in [0.2, 0.25) is 0 Å². The number of nitrogens with one attached hydrogen (secondary N) is 2. The van der Waals surface area contributed by atoms with E-state index >= 15 is 0 Å². The molecule has 2 unspecified atom stereocenters. The highest BCUT2D eigenvalue weighted by molar-refractivity contribution is 5.92. The van der Waals surface area contributed by atoms with E-state index in [0.29, 0.717) is 19.1 Å². The largest absolute Gasteiger partial charge is 0.372 e. The van der Waals surface area contributed by atoms with Crippen molar-refractivity contribution in [3.05, 3.63) is 24.3 Å². The van der Waals surface area contributed by atoms with Crippen LogP contribution in [0.25, 0.3) is 0 Å². The van der Waals surface area contributed by atoms with Crippen LogP contribution < -0.4 is 15.5 Å². The van der Waals surface area contributed by atoms with Gasteiger partial charge in [0.05, 0.1) is 25.3 Å². The minimum atomic E-state index is 0.00120. The predicted molar refractivity (Wildman–Crippen MR) is 121 cm³/mol. The number of carbonyl (C=O) groups is 2. The maximum absolute atomic E-state index is 12.5. The molecule has 2 amide bonds. The summed E-state index contributed by atoms with van der Waals surface area (Å²) in [7, 11) is 0. The summed E-state index contributed by atoms with van der Waals surface area (Å²) in [5, 5.41) is 6.04. The van der Waals surface area contributed by atoms with Crippen LogP contribution in [0.15, 0.2) is 24.3 Å². The molecular weight excluding hydrogens is 394 g/mol. The lowest BCUT2D eigenvalue weighted by atomic mass is 10.2. The van der Waals surface area contributed by atoms with Crippen molar-refractivity contribution in [1.82, 2.24) is 15.1 Å². The van der Waals surface area contributed by atoms with E-state index in [1.54, 1.807) is 0 Å². The third-order valence-electron chi connectivity index (χ3n) is 6.08. The van der Waals surface area contributed by atoms with Crippen molar-refractivity contribution in [2.75, 3.05) is 62.6 Å². The van der Waals surface area contributed by atoms with Gasteiger partial charge < -0.3 is 20.3 Å². The number of morpholine rings is 1. The van der Waals surface area contributed by atoms with Gasteiger partial charge >= 0.3 is 0 Å². The van der Waals surface area contributed by atoms with Crippen molar-refractivity contribution >= 4 is 23.2 Å². The van der Waals surface area contributed by atoms with Gasteiger partial charge in [-0.05, 0) is 51.0 Å². The number of amides is 2. The first-order chi connectivity index (χ1) is 14.9. The van der Waals surface area contributed by atoms with E-state index in [1.165, 1.54) is 0 Å². The van der Waals surface area contributed by atoms with Crippen LogP contribution in [0.4, 0.5) is 11.4 Å². The van der Waals surface area contributed by atoms with Crippen LogP contribution in [0.5, 0.6) is 0 Å². The average molecular weight is 430 g/mol. The molecule has 170 valence electrons. The summed E-state index contributed by atoms with van der Waals surface area (Å²) in [6, 6.07) is 8.47. The molecule has 4 rings (SSSR count). The van der Waals surface area contributed by atoms with E-state index in [4.69, 9.17) is 4.74 Å². The Labute approximate surface area is 184 Å². The Bertz CT molecular complexity index is 749. The van der Waals surface area contributed by atoms with Crippen molar-refractivity contribution in [3.8, 4) is 0 Å².